The number of hydrogen-bond donors (Lipinski definition) is 1. The minimum absolute atomic E-state index is 0.133. The molecule has 1 N–H and O–H groups in total. The highest BCUT2D eigenvalue weighted by atomic mass is 19.4. The van der Waals surface area contributed by atoms with Crippen LogP contribution in [0.1, 0.15) is 41.8 Å². The molecule has 1 fully saturated rings. The molecule has 32 heavy (non-hydrogen) atoms. The van der Waals surface area contributed by atoms with Crippen LogP contribution in [0.3, 0.4) is 0 Å². The van der Waals surface area contributed by atoms with Crippen LogP contribution in [0.4, 0.5) is 18.9 Å². The van der Waals surface area contributed by atoms with Crippen LogP contribution in [0.25, 0.3) is 0 Å². The fourth-order valence-corrected chi connectivity index (χ4v) is 3.73. The Morgan fingerprint density at radius 1 is 1.00 bits per heavy atom. The van der Waals surface area contributed by atoms with Crippen molar-refractivity contribution in [1.82, 2.24) is 9.80 Å². The summed E-state index contributed by atoms with van der Waals surface area (Å²) >= 11 is 0. The minimum Gasteiger partial charge on any atom is -0.336 e. The van der Waals surface area contributed by atoms with Gasteiger partial charge in [0.15, 0.2) is 0 Å². The Morgan fingerprint density at radius 2 is 1.69 bits per heavy atom. The van der Waals surface area contributed by atoms with Gasteiger partial charge in [-0.1, -0.05) is 44.2 Å². The summed E-state index contributed by atoms with van der Waals surface area (Å²) in [6.07, 6.45) is -3.99. The zero-order valence-corrected chi connectivity index (χ0v) is 18.3. The molecule has 1 saturated heterocycles. The van der Waals surface area contributed by atoms with E-state index in [1.54, 1.807) is 35.2 Å². The van der Waals surface area contributed by atoms with Crippen molar-refractivity contribution in [3.05, 3.63) is 65.2 Å². The first-order valence-electron chi connectivity index (χ1n) is 10.7. The molecule has 0 unspecified atom stereocenters. The Kier molecular flexibility index (Phi) is 7.56. The van der Waals surface area contributed by atoms with Crippen molar-refractivity contribution in [2.75, 3.05) is 31.5 Å². The molecule has 172 valence electrons. The molecule has 0 saturated carbocycles. The summed E-state index contributed by atoms with van der Waals surface area (Å²) in [5.41, 5.74) is 0.878. The van der Waals surface area contributed by atoms with Crippen LogP contribution in [0.2, 0.25) is 0 Å². The van der Waals surface area contributed by atoms with E-state index >= 15 is 0 Å². The number of carbonyl (C=O) groups excluding carboxylic acids is 2. The number of alkyl halides is 3. The van der Waals surface area contributed by atoms with E-state index in [2.05, 4.69) is 5.32 Å². The van der Waals surface area contributed by atoms with Gasteiger partial charge in [0.25, 0.3) is 5.91 Å². The average molecular weight is 448 g/mol. The zero-order valence-electron chi connectivity index (χ0n) is 18.3. The molecule has 0 bridgehead atoms. The van der Waals surface area contributed by atoms with Gasteiger partial charge in [-0.2, -0.15) is 13.2 Å². The molecule has 2 amide bonds. The van der Waals surface area contributed by atoms with Crippen LogP contribution in [-0.4, -0.2) is 47.8 Å². The van der Waals surface area contributed by atoms with Crippen molar-refractivity contribution in [2.24, 2.45) is 5.92 Å². The van der Waals surface area contributed by atoms with Gasteiger partial charge in [-0.25, -0.2) is 0 Å². The predicted octanol–water partition coefficient (Wildman–Crippen LogP) is 4.65. The van der Waals surface area contributed by atoms with Gasteiger partial charge >= 0.3 is 6.18 Å². The number of amides is 2. The van der Waals surface area contributed by atoms with Crippen molar-refractivity contribution >= 4 is 17.5 Å². The molecule has 3 rings (SSSR count). The number of carbonyl (C=O) groups is 2. The monoisotopic (exact) mass is 447 g/mol. The molecule has 0 spiro atoms. The number of benzene rings is 2. The molecule has 0 atom stereocenters. The lowest BCUT2D eigenvalue weighted by atomic mass is 10.1. The number of nitrogens with zero attached hydrogens (tertiary/aromatic N) is 2. The van der Waals surface area contributed by atoms with Crippen molar-refractivity contribution in [3.8, 4) is 0 Å². The van der Waals surface area contributed by atoms with Gasteiger partial charge in [0, 0.05) is 39.1 Å². The smallest absolute Gasteiger partial charge is 0.336 e. The normalized spacial score (nSPS) is 15.1. The maximum absolute atomic E-state index is 13.1. The number of para-hydroxylation sites is 1. The van der Waals surface area contributed by atoms with E-state index in [1.165, 1.54) is 12.1 Å². The van der Waals surface area contributed by atoms with Gasteiger partial charge in [-0.3, -0.25) is 14.5 Å². The Morgan fingerprint density at radius 3 is 2.34 bits per heavy atom. The summed E-state index contributed by atoms with van der Waals surface area (Å²) < 4.78 is 38.8. The second kappa shape index (κ2) is 10.2. The van der Waals surface area contributed by atoms with Gasteiger partial charge < -0.3 is 10.2 Å². The van der Waals surface area contributed by atoms with Crippen LogP contribution in [0.15, 0.2) is 48.5 Å². The zero-order chi connectivity index (χ0) is 23.3. The van der Waals surface area contributed by atoms with Gasteiger partial charge in [-0.05, 0) is 29.7 Å². The second-order valence-electron chi connectivity index (χ2n) is 8.46. The highest BCUT2D eigenvalue weighted by Crippen LogP contribution is 2.30. The SMILES string of the molecule is CC(C)CC(=O)Nc1ccccc1C(=O)N1CCN(Cc2cccc(C(F)(F)F)c2)CC1. The number of nitrogens with one attached hydrogen (secondary N) is 1. The molecule has 2 aromatic carbocycles. The van der Waals surface area contributed by atoms with Crippen molar-refractivity contribution < 1.29 is 22.8 Å². The predicted molar refractivity (Wildman–Crippen MR) is 117 cm³/mol. The summed E-state index contributed by atoms with van der Waals surface area (Å²) in [6.45, 7) is 6.35. The molecular formula is C24H28F3N3O2. The first-order valence-corrected chi connectivity index (χ1v) is 10.7. The average Bonchev–Trinajstić information content (AvgIpc) is 2.73. The maximum atomic E-state index is 13.1. The van der Waals surface area contributed by atoms with Crippen molar-refractivity contribution in [3.63, 3.8) is 0 Å². The third-order valence-electron chi connectivity index (χ3n) is 5.35. The summed E-state index contributed by atoms with van der Waals surface area (Å²) in [5, 5.41) is 2.83. The molecule has 0 aliphatic carbocycles. The van der Waals surface area contributed by atoms with E-state index in [4.69, 9.17) is 0 Å². The van der Waals surface area contributed by atoms with Crippen LogP contribution < -0.4 is 5.32 Å². The molecule has 1 heterocycles. The van der Waals surface area contributed by atoms with Gasteiger partial charge in [-0.15, -0.1) is 0 Å². The van der Waals surface area contributed by atoms with E-state index in [-0.39, 0.29) is 17.7 Å². The fraction of sp³-hybridized carbons (Fsp3) is 0.417. The van der Waals surface area contributed by atoms with E-state index in [1.807, 2.05) is 18.7 Å². The van der Waals surface area contributed by atoms with Gasteiger partial charge in [0.2, 0.25) is 5.91 Å². The summed E-state index contributed by atoms with van der Waals surface area (Å²) in [7, 11) is 0. The number of hydrogen-bond acceptors (Lipinski definition) is 3. The first kappa shape index (κ1) is 23.8. The summed E-state index contributed by atoms with van der Waals surface area (Å²) in [4.78, 5) is 29.0. The van der Waals surface area contributed by atoms with E-state index in [0.29, 0.717) is 56.0 Å². The molecule has 1 aliphatic rings. The molecule has 8 heteroatoms. The summed E-state index contributed by atoms with van der Waals surface area (Å²) in [5.74, 6) is -0.0851. The molecule has 0 radical (unpaired) electrons. The minimum atomic E-state index is -4.36. The second-order valence-corrected chi connectivity index (χ2v) is 8.46. The Hall–Kier alpha value is -2.87. The largest absolute Gasteiger partial charge is 0.416 e. The Bertz CT molecular complexity index is 952. The van der Waals surface area contributed by atoms with Gasteiger partial charge in [0.1, 0.15) is 0 Å². The molecule has 2 aromatic rings. The highest BCUT2D eigenvalue weighted by Gasteiger charge is 2.30. The lowest BCUT2D eigenvalue weighted by Crippen LogP contribution is -2.48. The third kappa shape index (κ3) is 6.32. The number of rotatable bonds is 6. The molecule has 5 nitrogen and oxygen atoms in total. The maximum Gasteiger partial charge on any atom is 0.416 e. The Labute approximate surface area is 186 Å². The van der Waals surface area contributed by atoms with Crippen LogP contribution in [0.5, 0.6) is 0 Å². The van der Waals surface area contributed by atoms with Crippen LogP contribution in [-0.2, 0) is 17.5 Å². The quantitative estimate of drug-likeness (QED) is 0.702. The van der Waals surface area contributed by atoms with Gasteiger partial charge in [0.05, 0.1) is 16.8 Å². The van der Waals surface area contributed by atoms with Crippen LogP contribution in [0, 0.1) is 5.92 Å². The van der Waals surface area contributed by atoms with E-state index in [0.717, 1.165) is 6.07 Å². The van der Waals surface area contributed by atoms with E-state index < -0.39 is 11.7 Å². The summed E-state index contributed by atoms with van der Waals surface area (Å²) in [6, 6.07) is 12.3. The van der Waals surface area contributed by atoms with E-state index in [9.17, 15) is 22.8 Å². The molecule has 1 aliphatic heterocycles. The first-order chi connectivity index (χ1) is 15.1. The Balaban J connectivity index is 1.60. The number of halogens is 3. The van der Waals surface area contributed by atoms with Crippen molar-refractivity contribution in [2.45, 2.75) is 33.0 Å². The molecular weight excluding hydrogens is 419 g/mol. The molecule has 0 aromatic heterocycles. The third-order valence-corrected chi connectivity index (χ3v) is 5.35. The standard InChI is InChI=1S/C24H28F3N3O2/c1-17(2)14-22(31)28-21-9-4-3-8-20(21)23(32)30-12-10-29(11-13-30)16-18-6-5-7-19(15-18)24(25,26)27/h3-9,15,17H,10-14,16H2,1-2H3,(H,28,31). The lowest BCUT2D eigenvalue weighted by Gasteiger charge is -2.35. The van der Waals surface area contributed by atoms with Crippen LogP contribution >= 0.6 is 0 Å². The lowest BCUT2D eigenvalue weighted by molar-refractivity contribution is -0.137. The topological polar surface area (TPSA) is 52.7 Å². The fourth-order valence-electron chi connectivity index (χ4n) is 3.73. The highest BCUT2D eigenvalue weighted by molar-refractivity contribution is 6.03. The number of piperazine rings is 1. The van der Waals surface area contributed by atoms with Crippen molar-refractivity contribution in [1.29, 1.82) is 0 Å². The number of anilines is 1.